The third-order valence-corrected chi connectivity index (χ3v) is 5.11. The van der Waals surface area contributed by atoms with Gasteiger partial charge in [-0.2, -0.15) is 0 Å². The zero-order chi connectivity index (χ0) is 19.8. The Kier molecular flexibility index (Phi) is 9.88. The number of nitrogens with zero attached hydrogens (tertiary/aromatic N) is 2. The van der Waals surface area contributed by atoms with Crippen molar-refractivity contribution in [2.75, 3.05) is 13.3 Å². The van der Waals surface area contributed by atoms with Crippen LogP contribution in [0.4, 0.5) is 5.69 Å². The number of rotatable bonds is 5. The molecule has 0 bridgehead atoms. The summed E-state index contributed by atoms with van der Waals surface area (Å²) in [6.45, 7) is 10.4. The van der Waals surface area contributed by atoms with Crippen LogP contribution in [0.3, 0.4) is 0 Å². The van der Waals surface area contributed by atoms with E-state index in [2.05, 4.69) is 9.37 Å². The average Bonchev–Trinajstić information content (AvgIpc) is 2.99. The first kappa shape index (κ1) is 27.1. The number of carbonyl (C=O) groups excluding carboxylic acids is 1. The predicted molar refractivity (Wildman–Crippen MR) is 89.5 cm³/mol. The monoisotopic (exact) mass is 440 g/mol. The Bertz CT molecular complexity index is 840. The van der Waals surface area contributed by atoms with Gasteiger partial charge >= 0.3 is 59.1 Å². The Labute approximate surface area is 213 Å². The molecule has 3 rings (SSSR count). The summed E-state index contributed by atoms with van der Waals surface area (Å²) in [7, 11) is -5.20. The van der Waals surface area contributed by atoms with Gasteiger partial charge in [0.2, 0.25) is 5.91 Å². The number of hydrogen-bond acceptors (Lipinski definition) is 7. The molecule has 2 aliphatic heterocycles. The van der Waals surface area contributed by atoms with Crippen LogP contribution in [0, 0.1) is 6.57 Å². The molecule has 0 aliphatic carbocycles. The van der Waals surface area contributed by atoms with Crippen LogP contribution in [0.25, 0.3) is 4.85 Å². The van der Waals surface area contributed by atoms with Crippen LogP contribution in [-0.2, 0) is 18.6 Å². The van der Waals surface area contributed by atoms with Gasteiger partial charge < -0.3 is 33.2 Å². The zero-order valence-corrected chi connectivity index (χ0v) is 21.8. The first-order chi connectivity index (χ1) is 12.6. The van der Waals surface area contributed by atoms with Gasteiger partial charge in [-0.15, -0.1) is 0 Å². The minimum absolute atomic E-state index is 0. The Balaban J connectivity index is 0.00000210. The van der Waals surface area contributed by atoms with Crippen molar-refractivity contribution < 1.29 is 92.3 Å². The molecule has 146 valence electrons. The van der Waals surface area contributed by atoms with Crippen molar-refractivity contribution >= 4 is 19.4 Å². The Morgan fingerprint density at radius 2 is 2.07 bits per heavy atom. The standard InChI is InChI=1S/C17H21N2O7P.2Na/c1-17(2)16(24-10-25-27(21,22)23)15(19-8-4-5-14(19)20)12-9-11(18-3)6-7-13(12)26-17;;/h6-7,9,15-16H,4-5,8,10H2,1-2H3,(H2,21,22,23);;/q;2*+1/p-2/t15-,16+;;/m1../s1. The topological polar surface area (TPSA) is 116 Å². The molecule has 1 fully saturated rings. The van der Waals surface area contributed by atoms with Crippen LogP contribution in [0.5, 0.6) is 5.75 Å². The second kappa shape index (κ2) is 10.6. The van der Waals surface area contributed by atoms with Gasteiger partial charge in [0.05, 0.1) is 20.4 Å². The van der Waals surface area contributed by atoms with E-state index in [-0.39, 0.29) is 65.0 Å². The van der Waals surface area contributed by atoms with Gasteiger partial charge in [0.25, 0.3) is 0 Å². The van der Waals surface area contributed by atoms with Crippen molar-refractivity contribution in [1.82, 2.24) is 4.90 Å². The predicted octanol–water partition coefficient (Wildman–Crippen LogP) is -4.73. The SMILES string of the molecule is [C-]#[N+]c1ccc2c(c1)[C@@H](N1CCCC1=O)[C@H](OCOP(=O)([O-])[O-])C(C)(C)O2.[Na+].[Na+]. The average molecular weight is 440 g/mol. The maximum absolute atomic E-state index is 12.4. The number of fused-ring (bicyclic) bond motifs is 1. The molecule has 9 nitrogen and oxygen atoms in total. The van der Waals surface area contributed by atoms with Gasteiger partial charge in [0, 0.05) is 18.5 Å². The summed E-state index contributed by atoms with van der Waals surface area (Å²) in [6.07, 6.45) is 0.281. The molecule has 1 saturated heterocycles. The van der Waals surface area contributed by atoms with Crippen LogP contribution in [-0.4, -0.2) is 35.8 Å². The van der Waals surface area contributed by atoms with Crippen molar-refractivity contribution in [3.05, 3.63) is 35.2 Å². The van der Waals surface area contributed by atoms with E-state index < -0.39 is 32.4 Å². The van der Waals surface area contributed by atoms with Crippen molar-refractivity contribution in [2.24, 2.45) is 0 Å². The van der Waals surface area contributed by atoms with Crippen molar-refractivity contribution in [2.45, 2.75) is 44.4 Å². The van der Waals surface area contributed by atoms with Crippen molar-refractivity contribution in [1.29, 1.82) is 0 Å². The molecule has 0 spiro atoms. The molecular formula is C17H19N2Na2O7P. The van der Waals surface area contributed by atoms with E-state index in [1.165, 1.54) is 0 Å². The summed E-state index contributed by atoms with van der Waals surface area (Å²) in [6, 6.07) is 4.34. The fraction of sp³-hybridized carbons (Fsp3) is 0.529. The first-order valence-electron chi connectivity index (χ1n) is 8.40. The van der Waals surface area contributed by atoms with E-state index >= 15 is 0 Å². The fourth-order valence-corrected chi connectivity index (χ4v) is 3.76. The maximum Gasteiger partial charge on any atom is 1.00 e. The third kappa shape index (κ3) is 6.28. The summed E-state index contributed by atoms with van der Waals surface area (Å²) < 4.78 is 26.5. The molecule has 29 heavy (non-hydrogen) atoms. The van der Waals surface area contributed by atoms with E-state index in [9.17, 15) is 19.1 Å². The van der Waals surface area contributed by atoms with Gasteiger partial charge in [-0.05, 0) is 32.4 Å². The number of benzene rings is 1. The molecule has 0 radical (unpaired) electrons. The molecule has 2 atom stereocenters. The molecule has 0 saturated carbocycles. The Morgan fingerprint density at radius 1 is 1.38 bits per heavy atom. The van der Waals surface area contributed by atoms with Crippen molar-refractivity contribution in [3.63, 3.8) is 0 Å². The molecule has 1 aromatic rings. The first-order valence-corrected chi connectivity index (χ1v) is 9.86. The molecule has 0 unspecified atom stereocenters. The molecule has 2 heterocycles. The quantitative estimate of drug-likeness (QED) is 0.196. The van der Waals surface area contributed by atoms with Crippen LogP contribution in [0.2, 0.25) is 0 Å². The van der Waals surface area contributed by atoms with Crippen LogP contribution < -0.4 is 73.6 Å². The number of amides is 1. The summed E-state index contributed by atoms with van der Waals surface area (Å²) in [5, 5.41) is 0. The van der Waals surface area contributed by atoms with Gasteiger partial charge in [-0.25, -0.2) is 4.85 Å². The van der Waals surface area contributed by atoms with E-state index in [1.807, 2.05) is 0 Å². The zero-order valence-electron chi connectivity index (χ0n) is 16.9. The van der Waals surface area contributed by atoms with E-state index in [0.717, 1.165) is 0 Å². The van der Waals surface area contributed by atoms with E-state index in [4.69, 9.17) is 16.0 Å². The smallest absolute Gasteiger partial charge is 0.790 e. The second-order valence-corrected chi connectivity index (χ2v) is 8.11. The summed E-state index contributed by atoms with van der Waals surface area (Å²) in [5.41, 5.74) is 0.0436. The number of ether oxygens (including phenoxy) is 2. The largest absolute Gasteiger partial charge is 1.00 e. The molecule has 1 aromatic carbocycles. The minimum Gasteiger partial charge on any atom is -0.790 e. The Morgan fingerprint density at radius 3 is 2.62 bits per heavy atom. The van der Waals surface area contributed by atoms with Gasteiger partial charge in [-0.3, -0.25) is 4.79 Å². The number of carbonyl (C=O) groups is 1. The van der Waals surface area contributed by atoms with Crippen molar-refractivity contribution in [3.8, 4) is 5.75 Å². The number of likely N-dealkylation sites (tertiary alicyclic amines) is 1. The molecule has 12 heteroatoms. The van der Waals surface area contributed by atoms with Gasteiger partial charge in [0.15, 0.2) is 12.5 Å². The molecule has 0 N–H and O–H groups in total. The van der Waals surface area contributed by atoms with Crippen LogP contribution in [0.1, 0.15) is 38.3 Å². The summed E-state index contributed by atoms with van der Waals surface area (Å²) in [4.78, 5) is 39.0. The van der Waals surface area contributed by atoms with Gasteiger partial charge in [-0.1, -0.05) is 6.07 Å². The van der Waals surface area contributed by atoms with Gasteiger partial charge in [0.1, 0.15) is 17.5 Å². The van der Waals surface area contributed by atoms with Crippen LogP contribution in [0.15, 0.2) is 18.2 Å². The minimum atomic E-state index is -5.20. The Hall–Kier alpha value is 0.0500. The van der Waals surface area contributed by atoms with E-state index in [0.29, 0.717) is 36.4 Å². The van der Waals surface area contributed by atoms with E-state index in [1.54, 1.807) is 36.9 Å². The molecule has 1 amide bonds. The number of hydrogen-bond donors (Lipinski definition) is 0. The van der Waals surface area contributed by atoms with Crippen LogP contribution >= 0.6 is 7.82 Å². The number of phosphoric ester groups is 1. The fourth-order valence-electron chi connectivity index (χ4n) is 3.57. The number of phosphoric acid groups is 1. The molecule has 2 aliphatic rings. The third-order valence-electron chi connectivity index (χ3n) is 4.69. The molecular weight excluding hydrogens is 421 g/mol. The second-order valence-electron chi connectivity index (χ2n) is 6.96. The summed E-state index contributed by atoms with van der Waals surface area (Å²) in [5.74, 6) is 0.459. The maximum atomic E-state index is 12.4. The summed E-state index contributed by atoms with van der Waals surface area (Å²) >= 11 is 0. The normalized spacial score (nSPS) is 22.6. The molecule has 0 aromatic heterocycles.